The highest BCUT2D eigenvalue weighted by molar-refractivity contribution is 5.97. The summed E-state index contributed by atoms with van der Waals surface area (Å²) < 4.78 is 6.75. The summed E-state index contributed by atoms with van der Waals surface area (Å²) in [6, 6.07) is 15.7. The second-order valence-electron chi connectivity index (χ2n) is 4.30. The highest BCUT2D eigenvalue weighted by atomic mass is 16.5. The van der Waals surface area contributed by atoms with Crippen molar-refractivity contribution in [1.82, 2.24) is 4.40 Å². The summed E-state index contributed by atoms with van der Waals surface area (Å²) in [6.45, 7) is 0. The number of methoxy groups -OCH3 is 1. The van der Waals surface area contributed by atoms with Crippen LogP contribution in [0, 0.1) is 0 Å². The molecule has 2 heterocycles. The summed E-state index contributed by atoms with van der Waals surface area (Å²) >= 11 is 0. The molecule has 0 saturated heterocycles. The molecule has 2 aromatic heterocycles. The van der Waals surface area contributed by atoms with E-state index in [1.54, 1.807) is 6.07 Å². The zero-order valence-electron chi connectivity index (χ0n) is 10.5. The molecule has 19 heavy (non-hydrogen) atoms. The Morgan fingerprint density at radius 1 is 1.05 bits per heavy atom. The molecule has 0 amide bonds. The first kappa shape index (κ1) is 11.5. The number of benzene rings is 1. The van der Waals surface area contributed by atoms with Crippen molar-refractivity contribution < 1.29 is 9.53 Å². The molecule has 0 aliphatic heterocycles. The normalized spacial score (nSPS) is 10.6. The lowest BCUT2D eigenvalue weighted by Crippen LogP contribution is -2.02. The molecule has 3 nitrogen and oxygen atoms in total. The summed E-state index contributed by atoms with van der Waals surface area (Å²) in [4.78, 5) is 11.7. The van der Waals surface area contributed by atoms with Crippen LogP contribution in [-0.2, 0) is 4.74 Å². The molecule has 94 valence electrons. The molecule has 0 spiro atoms. The van der Waals surface area contributed by atoms with Crippen molar-refractivity contribution in [2.75, 3.05) is 7.11 Å². The van der Waals surface area contributed by atoms with Gasteiger partial charge in [0.1, 0.15) is 0 Å². The van der Waals surface area contributed by atoms with Gasteiger partial charge >= 0.3 is 5.97 Å². The number of aromatic nitrogens is 1. The predicted octanol–water partition coefficient (Wildman–Crippen LogP) is 3.39. The van der Waals surface area contributed by atoms with E-state index in [4.69, 9.17) is 4.74 Å². The van der Waals surface area contributed by atoms with Crippen LogP contribution in [0.5, 0.6) is 0 Å². The zero-order chi connectivity index (χ0) is 13.2. The monoisotopic (exact) mass is 251 g/mol. The summed E-state index contributed by atoms with van der Waals surface area (Å²) in [5, 5.41) is 0. The highest BCUT2D eigenvalue weighted by Crippen LogP contribution is 2.24. The van der Waals surface area contributed by atoms with Crippen LogP contribution in [0.3, 0.4) is 0 Å². The van der Waals surface area contributed by atoms with Crippen LogP contribution in [0.4, 0.5) is 0 Å². The molecule has 0 N–H and O–H groups in total. The van der Waals surface area contributed by atoms with Gasteiger partial charge in [-0.2, -0.15) is 0 Å². The topological polar surface area (TPSA) is 30.7 Å². The van der Waals surface area contributed by atoms with Crippen LogP contribution < -0.4 is 0 Å². The van der Waals surface area contributed by atoms with Crippen molar-refractivity contribution in [3.8, 4) is 11.1 Å². The van der Waals surface area contributed by atoms with Crippen molar-refractivity contribution in [2.45, 2.75) is 0 Å². The molecule has 0 unspecified atom stereocenters. The fourth-order valence-corrected chi connectivity index (χ4v) is 2.21. The van der Waals surface area contributed by atoms with Gasteiger partial charge in [-0.05, 0) is 23.8 Å². The van der Waals surface area contributed by atoms with E-state index in [0.29, 0.717) is 5.56 Å². The molecule has 3 heteroatoms. The van der Waals surface area contributed by atoms with E-state index in [1.807, 2.05) is 59.3 Å². The third kappa shape index (κ3) is 1.99. The second-order valence-corrected chi connectivity index (χ2v) is 4.30. The van der Waals surface area contributed by atoms with Crippen molar-refractivity contribution >= 4 is 11.5 Å². The van der Waals surface area contributed by atoms with Gasteiger partial charge in [0, 0.05) is 18.0 Å². The van der Waals surface area contributed by atoms with Crippen LogP contribution in [0.25, 0.3) is 16.6 Å². The Morgan fingerprint density at radius 2 is 1.84 bits per heavy atom. The molecule has 0 aliphatic carbocycles. The minimum absolute atomic E-state index is 0.316. The molecular weight excluding hydrogens is 238 g/mol. The average Bonchev–Trinajstić information content (AvgIpc) is 2.91. The highest BCUT2D eigenvalue weighted by Gasteiger charge is 2.12. The maximum Gasteiger partial charge on any atom is 0.339 e. The maximum atomic E-state index is 11.7. The smallest absolute Gasteiger partial charge is 0.339 e. The molecule has 3 aromatic rings. The molecule has 1 aromatic carbocycles. The third-order valence-electron chi connectivity index (χ3n) is 3.15. The number of hydrogen-bond donors (Lipinski definition) is 0. The van der Waals surface area contributed by atoms with Gasteiger partial charge in [-0.1, -0.05) is 30.3 Å². The fraction of sp³-hybridized carbons (Fsp3) is 0.0625. The van der Waals surface area contributed by atoms with Crippen LogP contribution in [0.15, 0.2) is 60.9 Å². The van der Waals surface area contributed by atoms with Gasteiger partial charge < -0.3 is 9.14 Å². The Morgan fingerprint density at radius 3 is 2.58 bits per heavy atom. The first-order valence-corrected chi connectivity index (χ1v) is 6.04. The molecule has 0 atom stereocenters. The summed E-state index contributed by atoms with van der Waals surface area (Å²) in [6.07, 6.45) is 3.94. The number of carbonyl (C=O) groups excluding carboxylic acids is 1. The predicted molar refractivity (Wildman–Crippen MR) is 74.2 cm³/mol. The Hall–Kier alpha value is -2.55. The van der Waals surface area contributed by atoms with Gasteiger partial charge in [-0.15, -0.1) is 0 Å². The van der Waals surface area contributed by atoms with Gasteiger partial charge in [-0.3, -0.25) is 0 Å². The van der Waals surface area contributed by atoms with Crippen LogP contribution >= 0.6 is 0 Å². The molecule has 0 radical (unpaired) electrons. The first-order valence-electron chi connectivity index (χ1n) is 6.04. The lowest BCUT2D eigenvalue weighted by atomic mass is 10.1. The molecule has 0 bridgehead atoms. The summed E-state index contributed by atoms with van der Waals surface area (Å²) in [5.41, 5.74) is 3.64. The lowest BCUT2D eigenvalue weighted by molar-refractivity contribution is 0.0602. The number of esters is 1. The maximum absolute atomic E-state index is 11.7. The number of nitrogens with zero attached hydrogens (tertiary/aromatic N) is 1. The Balaban J connectivity index is 2.19. The van der Waals surface area contributed by atoms with Gasteiger partial charge in [0.25, 0.3) is 0 Å². The quantitative estimate of drug-likeness (QED) is 0.653. The van der Waals surface area contributed by atoms with E-state index < -0.39 is 0 Å². The van der Waals surface area contributed by atoms with Gasteiger partial charge in [0.05, 0.1) is 18.2 Å². The van der Waals surface area contributed by atoms with E-state index in [2.05, 4.69) is 0 Å². The van der Waals surface area contributed by atoms with Crippen LogP contribution in [0.2, 0.25) is 0 Å². The van der Waals surface area contributed by atoms with Crippen LogP contribution in [0.1, 0.15) is 10.4 Å². The lowest BCUT2D eigenvalue weighted by Gasteiger charge is -2.01. The zero-order valence-corrected chi connectivity index (χ0v) is 10.5. The Bertz CT molecular complexity index is 729. The molecule has 0 saturated carbocycles. The SMILES string of the molecule is COC(=O)c1cccn2cc(-c3ccccc3)cc12. The van der Waals surface area contributed by atoms with E-state index >= 15 is 0 Å². The number of hydrogen-bond acceptors (Lipinski definition) is 2. The molecular formula is C16H13NO2. The van der Waals surface area contributed by atoms with Gasteiger partial charge in [0.2, 0.25) is 0 Å². The van der Waals surface area contributed by atoms with Crippen molar-refractivity contribution in [2.24, 2.45) is 0 Å². The standard InChI is InChI=1S/C16H13NO2/c1-19-16(18)14-8-5-9-17-11-13(10-15(14)17)12-6-3-2-4-7-12/h2-11H,1H3. The van der Waals surface area contributed by atoms with Crippen LogP contribution in [-0.4, -0.2) is 17.5 Å². The molecule has 0 fully saturated rings. The van der Waals surface area contributed by atoms with E-state index in [0.717, 1.165) is 16.6 Å². The molecule has 0 aliphatic rings. The van der Waals surface area contributed by atoms with E-state index in [9.17, 15) is 4.79 Å². The van der Waals surface area contributed by atoms with Crippen molar-refractivity contribution in [1.29, 1.82) is 0 Å². The minimum Gasteiger partial charge on any atom is -0.465 e. The second kappa shape index (κ2) is 4.61. The van der Waals surface area contributed by atoms with E-state index in [1.165, 1.54) is 7.11 Å². The number of carbonyl (C=O) groups is 1. The van der Waals surface area contributed by atoms with E-state index in [-0.39, 0.29) is 5.97 Å². The minimum atomic E-state index is -0.316. The van der Waals surface area contributed by atoms with Gasteiger partial charge in [-0.25, -0.2) is 4.79 Å². The first-order chi connectivity index (χ1) is 9.29. The number of fused-ring (bicyclic) bond motifs is 1. The Labute approximate surface area is 111 Å². The van der Waals surface area contributed by atoms with Crippen molar-refractivity contribution in [3.63, 3.8) is 0 Å². The fourth-order valence-electron chi connectivity index (χ4n) is 2.21. The third-order valence-corrected chi connectivity index (χ3v) is 3.15. The van der Waals surface area contributed by atoms with Gasteiger partial charge in [0.15, 0.2) is 0 Å². The molecule has 3 rings (SSSR count). The summed E-state index contributed by atoms with van der Waals surface area (Å²) in [7, 11) is 1.40. The number of ether oxygens (including phenoxy) is 1. The number of rotatable bonds is 2. The number of pyridine rings is 1. The largest absolute Gasteiger partial charge is 0.465 e. The van der Waals surface area contributed by atoms with Crippen molar-refractivity contribution in [3.05, 3.63) is 66.5 Å². The summed E-state index contributed by atoms with van der Waals surface area (Å²) in [5.74, 6) is -0.316. The Kier molecular flexibility index (Phi) is 2.80. The average molecular weight is 251 g/mol.